The number of oxazole rings is 1. The first-order chi connectivity index (χ1) is 12.6. The monoisotopic (exact) mass is 357 g/mol. The topological polar surface area (TPSA) is 82.8 Å². The normalized spacial score (nSPS) is 21.3. The highest BCUT2D eigenvalue weighted by Crippen LogP contribution is 2.26. The summed E-state index contributed by atoms with van der Waals surface area (Å²) in [6.45, 7) is 5.48. The fraction of sp³-hybridized carbons (Fsp3) is 0.556. The number of pyridine rings is 1. The Morgan fingerprint density at radius 1 is 1.15 bits per heavy atom. The van der Waals surface area contributed by atoms with Gasteiger partial charge in [-0.1, -0.05) is 0 Å². The van der Waals surface area contributed by atoms with Crippen molar-refractivity contribution in [2.75, 3.05) is 44.2 Å². The first-order valence-electron chi connectivity index (χ1n) is 9.12. The van der Waals surface area contributed by atoms with E-state index in [2.05, 4.69) is 9.97 Å². The smallest absolute Gasteiger partial charge is 0.299 e. The SMILES string of the molecule is CC(=O)N1CCN(C(=O)C2CCCN(c3nc4ncccc4o3)C2)CC1. The number of carbonyl (C=O) groups excluding carboxylic acids is 2. The molecule has 0 bridgehead atoms. The second-order valence-corrected chi connectivity index (χ2v) is 6.94. The Morgan fingerprint density at radius 2 is 1.92 bits per heavy atom. The molecule has 2 amide bonds. The molecule has 8 heteroatoms. The Hall–Kier alpha value is -2.64. The molecular weight excluding hydrogens is 334 g/mol. The molecule has 0 aromatic carbocycles. The van der Waals surface area contributed by atoms with Crippen LogP contribution < -0.4 is 4.90 Å². The van der Waals surface area contributed by atoms with E-state index in [1.54, 1.807) is 18.0 Å². The molecule has 0 spiro atoms. The number of carbonyl (C=O) groups is 2. The zero-order chi connectivity index (χ0) is 18.1. The molecule has 8 nitrogen and oxygen atoms in total. The van der Waals surface area contributed by atoms with Crippen LogP contribution in [0.1, 0.15) is 19.8 Å². The molecule has 26 heavy (non-hydrogen) atoms. The van der Waals surface area contributed by atoms with Crippen LogP contribution in [0, 0.1) is 5.92 Å². The average molecular weight is 357 g/mol. The van der Waals surface area contributed by atoms with Crippen molar-refractivity contribution in [1.29, 1.82) is 0 Å². The number of fused-ring (bicyclic) bond motifs is 1. The van der Waals surface area contributed by atoms with Crippen molar-refractivity contribution >= 4 is 29.1 Å². The van der Waals surface area contributed by atoms with Crippen LogP contribution in [0.4, 0.5) is 6.01 Å². The fourth-order valence-corrected chi connectivity index (χ4v) is 3.75. The molecule has 2 aliphatic heterocycles. The summed E-state index contributed by atoms with van der Waals surface area (Å²) in [5.74, 6) is 0.188. The Balaban J connectivity index is 1.41. The molecule has 4 rings (SSSR count). The number of hydrogen-bond donors (Lipinski definition) is 0. The number of piperazine rings is 1. The third kappa shape index (κ3) is 3.23. The van der Waals surface area contributed by atoms with Gasteiger partial charge in [-0.05, 0) is 25.0 Å². The summed E-state index contributed by atoms with van der Waals surface area (Å²) in [7, 11) is 0. The van der Waals surface area contributed by atoms with E-state index >= 15 is 0 Å². The van der Waals surface area contributed by atoms with E-state index in [1.165, 1.54) is 0 Å². The zero-order valence-corrected chi connectivity index (χ0v) is 14.9. The molecule has 0 saturated carbocycles. The first-order valence-corrected chi connectivity index (χ1v) is 9.12. The third-order valence-corrected chi connectivity index (χ3v) is 5.23. The van der Waals surface area contributed by atoms with E-state index in [1.807, 2.05) is 21.9 Å². The number of hydrogen-bond acceptors (Lipinski definition) is 6. The summed E-state index contributed by atoms with van der Waals surface area (Å²) >= 11 is 0. The van der Waals surface area contributed by atoms with E-state index in [0.29, 0.717) is 50.0 Å². The van der Waals surface area contributed by atoms with Gasteiger partial charge in [-0.25, -0.2) is 4.98 Å². The second kappa shape index (κ2) is 6.93. The van der Waals surface area contributed by atoms with Crippen molar-refractivity contribution in [3.63, 3.8) is 0 Å². The molecule has 0 radical (unpaired) electrons. The van der Waals surface area contributed by atoms with Crippen LogP contribution in [-0.4, -0.2) is 70.9 Å². The van der Waals surface area contributed by atoms with Crippen molar-refractivity contribution in [2.24, 2.45) is 5.92 Å². The van der Waals surface area contributed by atoms with Crippen LogP contribution >= 0.6 is 0 Å². The van der Waals surface area contributed by atoms with Gasteiger partial charge in [0, 0.05) is 52.4 Å². The van der Waals surface area contributed by atoms with Crippen molar-refractivity contribution in [1.82, 2.24) is 19.8 Å². The molecule has 1 atom stereocenters. The molecular formula is C18H23N5O3. The maximum Gasteiger partial charge on any atom is 0.299 e. The van der Waals surface area contributed by atoms with E-state index in [4.69, 9.17) is 4.42 Å². The van der Waals surface area contributed by atoms with E-state index < -0.39 is 0 Å². The summed E-state index contributed by atoms with van der Waals surface area (Å²) < 4.78 is 5.80. The van der Waals surface area contributed by atoms with Crippen LogP contribution in [0.15, 0.2) is 22.7 Å². The zero-order valence-electron chi connectivity index (χ0n) is 14.9. The largest absolute Gasteiger partial charge is 0.422 e. The lowest BCUT2D eigenvalue weighted by Crippen LogP contribution is -2.53. The van der Waals surface area contributed by atoms with Gasteiger partial charge in [0.15, 0.2) is 5.58 Å². The van der Waals surface area contributed by atoms with Gasteiger partial charge in [-0.2, -0.15) is 4.98 Å². The third-order valence-electron chi connectivity index (χ3n) is 5.23. The molecule has 4 heterocycles. The van der Waals surface area contributed by atoms with Crippen molar-refractivity contribution in [3.8, 4) is 0 Å². The van der Waals surface area contributed by atoms with Gasteiger partial charge in [-0.3, -0.25) is 9.59 Å². The molecule has 2 saturated heterocycles. The number of piperidine rings is 1. The first kappa shape index (κ1) is 16.8. The maximum absolute atomic E-state index is 12.9. The van der Waals surface area contributed by atoms with Gasteiger partial charge in [0.1, 0.15) is 0 Å². The molecule has 2 aromatic rings. The molecule has 2 aliphatic rings. The molecule has 138 valence electrons. The predicted molar refractivity (Wildman–Crippen MR) is 95.6 cm³/mol. The molecule has 0 N–H and O–H groups in total. The van der Waals surface area contributed by atoms with Crippen LogP contribution in [0.3, 0.4) is 0 Å². The minimum absolute atomic E-state index is 0.0596. The van der Waals surface area contributed by atoms with E-state index in [-0.39, 0.29) is 17.7 Å². The summed E-state index contributed by atoms with van der Waals surface area (Å²) in [6, 6.07) is 4.21. The van der Waals surface area contributed by atoms with Crippen LogP contribution in [0.5, 0.6) is 0 Å². The van der Waals surface area contributed by atoms with E-state index in [9.17, 15) is 9.59 Å². The number of anilines is 1. The fourth-order valence-electron chi connectivity index (χ4n) is 3.75. The van der Waals surface area contributed by atoms with Gasteiger partial charge < -0.3 is 19.1 Å². The van der Waals surface area contributed by atoms with Gasteiger partial charge in [0.2, 0.25) is 17.5 Å². The van der Waals surface area contributed by atoms with Crippen LogP contribution in [0.2, 0.25) is 0 Å². The molecule has 1 unspecified atom stereocenters. The van der Waals surface area contributed by atoms with Gasteiger partial charge >= 0.3 is 0 Å². The van der Waals surface area contributed by atoms with Gasteiger partial charge in [0.25, 0.3) is 6.01 Å². The number of nitrogens with zero attached hydrogens (tertiary/aromatic N) is 5. The molecule has 0 aliphatic carbocycles. The van der Waals surface area contributed by atoms with Crippen molar-refractivity contribution < 1.29 is 14.0 Å². The minimum Gasteiger partial charge on any atom is -0.422 e. The average Bonchev–Trinajstić information content (AvgIpc) is 3.12. The van der Waals surface area contributed by atoms with Crippen LogP contribution in [-0.2, 0) is 9.59 Å². The Labute approximate surface area is 151 Å². The summed E-state index contributed by atoms with van der Waals surface area (Å²) in [4.78, 5) is 38.7. The highest BCUT2D eigenvalue weighted by atomic mass is 16.4. The standard InChI is InChI=1S/C18H23N5O3/c1-13(24)21-8-10-22(11-9-21)17(25)14-4-3-7-23(12-14)18-20-16-15(26-18)5-2-6-19-16/h2,5-6,14H,3-4,7-12H2,1H3. The molecule has 2 aromatic heterocycles. The van der Waals surface area contributed by atoms with E-state index in [0.717, 1.165) is 19.4 Å². The minimum atomic E-state index is -0.0596. The summed E-state index contributed by atoms with van der Waals surface area (Å²) in [5, 5.41) is 0. The number of aromatic nitrogens is 2. The van der Waals surface area contributed by atoms with Gasteiger partial charge in [-0.15, -0.1) is 0 Å². The lowest BCUT2D eigenvalue weighted by atomic mass is 9.96. The van der Waals surface area contributed by atoms with Gasteiger partial charge in [0.05, 0.1) is 5.92 Å². The van der Waals surface area contributed by atoms with Crippen LogP contribution in [0.25, 0.3) is 11.2 Å². The Kier molecular flexibility index (Phi) is 4.48. The number of amides is 2. The van der Waals surface area contributed by atoms with Crippen molar-refractivity contribution in [3.05, 3.63) is 18.3 Å². The Morgan fingerprint density at radius 3 is 2.65 bits per heavy atom. The second-order valence-electron chi connectivity index (χ2n) is 6.94. The Bertz CT molecular complexity index is 779. The summed E-state index contributed by atoms with van der Waals surface area (Å²) in [6.07, 6.45) is 3.49. The predicted octanol–water partition coefficient (Wildman–Crippen LogP) is 1.13. The van der Waals surface area contributed by atoms with Crippen molar-refractivity contribution in [2.45, 2.75) is 19.8 Å². The summed E-state index contributed by atoms with van der Waals surface area (Å²) in [5.41, 5.74) is 1.26. The maximum atomic E-state index is 12.9. The molecule has 2 fully saturated rings. The lowest BCUT2D eigenvalue weighted by Gasteiger charge is -2.38. The quantitative estimate of drug-likeness (QED) is 0.801. The lowest BCUT2D eigenvalue weighted by molar-refractivity contribution is -0.141. The highest BCUT2D eigenvalue weighted by molar-refractivity contribution is 5.80. The number of rotatable bonds is 2. The highest BCUT2D eigenvalue weighted by Gasteiger charge is 2.32.